The van der Waals surface area contributed by atoms with Gasteiger partial charge < -0.3 is 4.90 Å². The number of Topliss-reactive ketones (excluding diaryl/α,β-unsaturated/α-hetero) is 4. The zero-order valence-corrected chi connectivity index (χ0v) is 73.2. The lowest BCUT2D eigenvalue weighted by Gasteiger charge is -2.22. The predicted molar refractivity (Wildman–Crippen MR) is 445 cm³/mol. The molecule has 0 aliphatic heterocycles. The van der Waals surface area contributed by atoms with Crippen LogP contribution in [0.5, 0.6) is 0 Å². The van der Waals surface area contributed by atoms with Gasteiger partial charge in [0.15, 0.2) is 40.5 Å². The molecule has 1 heterocycles. The number of terminal acetylenes is 1. The van der Waals surface area contributed by atoms with Gasteiger partial charge in [-0.3, -0.25) is 43.0 Å². The molecule has 0 unspecified atom stereocenters. The Morgan fingerprint density at radius 3 is 1.03 bits per heavy atom. The molecule has 0 saturated heterocycles. The van der Waals surface area contributed by atoms with Crippen LogP contribution in [0.15, 0.2) is 115 Å². The van der Waals surface area contributed by atoms with Gasteiger partial charge in [-0.25, -0.2) is 0 Å². The molecule has 0 fully saturated rings. The summed E-state index contributed by atoms with van der Waals surface area (Å²) in [5, 5.41) is 4.30. The molecule has 3 aliphatic carbocycles. The molecule has 1 aromatic rings. The van der Waals surface area contributed by atoms with Crippen molar-refractivity contribution in [3.8, 4) is 12.3 Å². The number of carbonyl (C=O) groups is 8. The average Bonchev–Trinajstić information content (AvgIpc) is 1.30. The van der Waals surface area contributed by atoms with E-state index in [2.05, 4.69) is 84.5 Å². The molecule has 0 spiro atoms. The third kappa shape index (κ3) is 62.3. The van der Waals surface area contributed by atoms with E-state index in [1.165, 1.54) is 18.9 Å². The van der Waals surface area contributed by atoms with Crippen LogP contribution in [0, 0.1) is 67.0 Å². The molecular formula is C91H157N3O8. The first kappa shape index (κ1) is 109. The topological polar surface area (TPSA) is 158 Å². The van der Waals surface area contributed by atoms with Crippen molar-refractivity contribution in [1.82, 2.24) is 14.7 Å². The number of likely N-dealkylation sites (N-methyl/N-ethyl adjacent to an activating group) is 1. The lowest BCUT2D eigenvalue weighted by Crippen LogP contribution is -2.24. The first-order valence-electron chi connectivity index (χ1n) is 37.0. The molecule has 11 heteroatoms. The normalized spacial score (nSPS) is 13.6. The molecule has 0 bridgehead atoms. The van der Waals surface area contributed by atoms with Crippen molar-refractivity contribution in [2.24, 2.45) is 54.7 Å². The van der Waals surface area contributed by atoms with Crippen molar-refractivity contribution < 1.29 is 38.4 Å². The Bertz CT molecular complexity index is 2940. The maximum atomic E-state index is 11.8. The van der Waals surface area contributed by atoms with Gasteiger partial charge in [0.2, 0.25) is 0 Å². The minimum absolute atomic E-state index is 0.0707. The van der Waals surface area contributed by atoms with Crippen LogP contribution in [0.3, 0.4) is 0 Å². The van der Waals surface area contributed by atoms with Gasteiger partial charge in [0.05, 0.1) is 11.2 Å². The molecule has 0 N–H and O–H groups in total. The Morgan fingerprint density at radius 2 is 0.882 bits per heavy atom. The van der Waals surface area contributed by atoms with Crippen LogP contribution in [0.4, 0.5) is 0 Å². The highest BCUT2D eigenvalue weighted by Crippen LogP contribution is 2.30. The second kappa shape index (κ2) is 51.0. The third-order valence-electron chi connectivity index (χ3n) is 14.3. The second-order valence-corrected chi connectivity index (χ2v) is 37.1. The minimum Gasteiger partial charge on any atom is -0.306 e. The van der Waals surface area contributed by atoms with Gasteiger partial charge in [0.1, 0.15) is 5.78 Å². The molecule has 3 aliphatic rings. The first-order chi connectivity index (χ1) is 45.5. The SMILES string of the molecule is C#CC(C)C.C/C=C/C(=O)C(C)(C)C.C=CC(=O)C(C)(C)C.C=CC(C)(C)C.C=Cc1ccn(C(C)(C)C)n1.CC(C)(C)C(=O)C1=CCC1.CC(C)(C)C(=O)C1=CCCC1.CC(C)(C)C(=O)C1=CCCCC1.CC(C)=CC(=O)C(C)(C)C.CCC(=O)C(C)(C)C.CN(C)C/C=C/C(=O)C(C)(C)C. The fourth-order valence-corrected chi connectivity index (χ4v) is 7.02. The Balaban J connectivity index is -0.000000196. The van der Waals surface area contributed by atoms with Gasteiger partial charge in [0, 0.05) is 68.4 Å². The van der Waals surface area contributed by atoms with E-state index in [4.69, 9.17) is 6.42 Å². The fraction of sp³-hybridized carbons (Fsp3) is 0.659. The molecular weight excluding hydrogens is 1260 g/mol. The van der Waals surface area contributed by atoms with E-state index in [-0.39, 0.29) is 72.0 Å². The molecule has 4 rings (SSSR count). The van der Waals surface area contributed by atoms with Crippen molar-refractivity contribution in [3.05, 3.63) is 121 Å². The van der Waals surface area contributed by atoms with Crippen LogP contribution in [0.2, 0.25) is 0 Å². The molecule has 584 valence electrons. The summed E-state index contributed by atoms with van der Waals surface area (Å²) < 4.78 is 1.93. The van der Waals surface area contributed by atoms with Crippen molar-refractivity contribution in [2.75, 3.05) is 20.6 Å². The summed E-state index contributed by atoms with van der Waals surface area (Å²) in [5.74, 6) is 4.92. The largest absolute Gasteiger partial charge is 0.306 e. The number of hydrogen-bond donors (Lipinski definition) is 0. The Morgan fingerprint density at radius 1 is 0.529 bits per heavy atom. The maximum Gasteiger partial charge on any atom is 0.163 e. The van der Waals surface area contributed by atoms with Gasteiger partial charge in [-0.15, -0.1) is 18.9 Å². The standard InChI is InChI=1S/C11H18O.C10H19NO.C10H16O.C9H14N2.C9H14O.C9H16O.C8H14O.C7H14O.C7H12O.C6H12.C5H8/c1-11(2,3)10(12)9-7-5-4-6-8-9;1-10(2,3)9(12)7-6-8-11(4)5;1-10(2,3)9(11)8-6-4-5-7-8;1-5-8-6-7-11(10-8)9(2,3)4;1-9(2,3)8(10)7-5-4-6-7;1-7(2)6-8(10)9(3,4)5;1-5-6-7(9)8(2,3)4;2*1-5-6(8)7(2,3)4;1-5-6(2,3)4;1-4-5(2)3/h7H,4-6,8H2,1-3H3;6-7H,8H2,1-5H3;6H,4-5,7H2,1-3H3;5-7H,1H2,2-4H3;5H,4,6H2,1-3H3;6H,1-5H3;5-6H,1-4H3;5H2,1-4H3;5H,1H2,2-4H3;5H,1H2,2-4H3;1,5H,2-3H3/b;7-6+;;;;;6-5+;;;;. The van der Waals surface area contributed by atoms with Crippen molar-refractivity contribution in [1.29, 1.82) is 0 Å². The number of ketones is 8. The molecule has 11 nitrogen and oxygen atoms in total. The summed E-state index contributed by atoms with van der Waals surface area (Å²) in [7, 11) is 3.96. The molecule has 1 aromatic heterocycles. The van der Waals surface area contributed by atoms with Crippen LogP contribution in [-0.4, -0.2) is 81.6 Å². The molecule has 0 saturated carbocycles. The van der Waals surface area contributed by atoms with Gasteiger partial charge in [-0.2, -0.15) is 5.10 Å². The highest BCUT2D eigenvalue weighted by atomic mass is 16.2. The predicted octanol–water partition coefficient (Wildman–Crippen LogP) is 24.2. The fourth-order valence-electron chi connectivity index (χ4n) is 7.02. The summed E-state index contributed by atoms with van der Waals surface area (Å²) in [6.07, 6.45) is 37.4. The van der Waals surface area contributed by atoms with Crippen molar-refractivity contribution >= 4 is 52.3 Å². The van der Waals surface area contributed by atoms with Crippen LogP contribution in [-0.2, 0) is 43.9 Å². The lowest BCUT2D eigenvalue weighted by atomic mass is 9.81. The quantitative estimate of drug-likeness (QED) is 0.119. The van der Waals surface area contributed by atoms with E-state index in [0.29, 0.717) is 40.9 Å². The van der Waals surface area contributed by atoms with Crippen LogP contribution in [0.1, 0.15) is 319 Å². The van der Waals surface area contributed by atoms with Crippen LogP contribution >= 0.6 is 0 Å². The number of carbonyl (C=O) groups excluding carboxylic acids is 8. The number of nitrogens with zero attached hydrogens (tertiary/aromatic N) is 3. The van der Waals surface area contributed by atoms with Crippen molar-refractivity contribution in [3.63, 3.8) is 0 Å². The molecule has 0 atom stereocenters. The summed E-state index contributed by atoms with van der Waals surface area (Å²) in [5.41, 5.74) is 3.91. The van der Waals surface area contributed by atoms with E-state index < -0.39 is 0 Å². The minimum atomic E-state index is -0.248. The summed E-state index contributed by atoms with van der Waals surface area (Å²) in [6, 6.07) is 1.96. The zero-order chi connectivity index (χ0) is 82.6. The monoisotopic (exact) mass is 1420 g/mol. The molecule has 0 radical (unpaired) electrons. The van der Waals surface area contributed by atoms with Gasteiger partial charge in [-0.05, 0) is 172 Å². The van der Waals surface area contributed by atoms with E-state index in [0.717, 1.165) is 79.5 Å². The number of hydrogen-bond acceptors (Lipinski definition) is 10. The summed E-state index contributed by atoms with van der Waals surface area (Å²) in [6.45, 7) is 82.3. The van der Waals surface area contributed by atoms with Crippen LogP contribution in [0.25, 0.3) is 6.08 Å². The lowest BCUT2D eigenvalue weighted by molar-refractivity contribution is -0.126. The molecule has 0 aromatic carbocycles. The third-order valence-corrected chi connectivity index (χ3v) is 14.3. The van der Waals surface area contributed by atoms with Gasteiger partial charge in [-0.1, -0.05) is 263 Å². The van der Waals surface area contributed by atoms with E-state index in [1.54, 1.807) is 30.4 Å². The molecule has 0 amide bonds. The highest BCUT2D eigenvalue weighted by molar-refractivity contribution is 6.01. The van der Waals surface area contributed by atoms with Crippen LogP contribution < -0.4 is 0 Å². The van der Waals surface area contributed by atoms with E-state index in [1.807, 2.05) is 262 Å². The maximum absolute atomic E-state index is 11.8. The Hall–Kier alpha value is -6.25. The number of rotatable bonds is 11. The Kier molecular flexibility index (Phi) is 54.6. The zero-order valence-electron chi connectivity index (χ0n) is 73.2. The summed E-state index contributed by atoms with van der Waals surface area (Å²) in [4.78, 5) is 91.8. The Labute approximate surface area is 629 Å². The average molecular weight is 1420 g/mol. The highest BCUT2D eigenvalue weighted by Gasteiger charge is 2.29. The first-order valence-corrected chi connectivity index (χ1v) is 37.0. The van der Waals surface area contributed by atoms with E-state index in [9.17, 15) is 38.4 Å². The number of allylic oxidation sites excluding steroid dienone is 13. The smallest absolute Gasteiger partial charge is 0.163 e. The molecule has 102 heavy (non-hydrogen) atoms. The van der Waals surface area contributed by atoms with Gasteiger partial charge >= 0.3 is 0 Å². The second-order valence-electron chi connectivity index (χ2n) is 37.1. The van der Waals surface area contributed by atoms with Gasteiger partial charge in [0.25, 0.3) is 0 Å². The van der Waals surface area contributed by atoms with E-state index >= 15 is 0 Å². The number of aromatic nitrogens is 2. The van der Waals surface area contributed by atoms with Crippen molar-refractivity contribution in [2.45, 2.75) is 319 Å². The summed E-state index contributed by atoms with van der Waals surface area (Å²) >= 11 is 0.